The summed E-state index contributed by atoms with van der Waals surface area (Å²) >= 11 is 0. The highest BCUT2D eigenvalue weighted by Gasteiger charge is 2.70. The lowest BCUT2D eigenvalue weighted by molar-refractivity contribution is -0.260. The molecule has 0 aromatic rings. The van der Waals surface area contributed by atoms with E-state index in [0.717, 1.165) is 12.8 Å². The summed E-state index contributed by atoms with van der Waals surface area (Å²) in [6.45, 7) is 19.5. The molecule has 2 heteroatoms. The van der Waals surface area contributed by atoms with E-state index in [9.17, 15) is 9.90 Å². The number of rotatable bonds is 1. The molecule has 0 spiro atoms. The largest absolute Gasteiger partial charge is 0.392 e. The Kier molecular flexibility index (Phi) is 5.24. The number of hydrogen-bond acceptors (Lipinski definition) is 2. The average molecular weight is 457 g/mol. The van der Waals surface area contributed by atoms with Crippen molar-refractivity contribution in [3.63, 3.8) is 0 Å². The van der Waals surface area contributed by atoms with Crippen LogP contribution in [0.15, 0.2) is 0 Å². The summed E-state index contributed by atoms with van der Waals surface area (Å²) in [6, 6.07) is 0. The van der Waals surface area contributed by atoms with Crippen LogP contribution in [0, 0.1) is 56.2 Å². The van der Waals surface area contributed by atoms with Gasteiger partial charge in [0.15, 0.2) is 0 Å². The van der Waals surface area contributed by atoms with E-state index in [2.05, 4.69) is 55.4 Å². The molecule has 33 heavy (non-hydrogen) atoms. The zero-order valence-corrected chi connectivity index (χ0v) is 23.0. The number of carbonyl (C=O) groups is 1. The van der Waals surface area contributed by atoms with Gasteiger partial charge in [-0.2, -0.15) is 0 Å². The minimum absolute atomic E-state index is 0.0384. The van der Waals surface area contributed by atoms with Gasteiger partial charge in [0.25, 0.3) is 0 Å². The first-order valence-corrected chi connectivity index (χ1v) is 14.4. The van der Waals surface area contributed by atoms with Crippen LogP contribution in [0.3, 0.4) is 0 Å². The number of Topliss-reactive ketones (excluding diaryl/α,β-unsaturated/α-hetero) is 1. The minimum atomic E-state index is -0.172. The van der Waals surface area contributed by atoms with Crippen molar-refractivity contribution in [2.24, 2.45) is 56.2 Å². The maximum Gasteiger partial charge on any atom is 0.138 e. The number of carbonyl (C=O) groups excluding carboxylic acids is 1. The number of ketones is 1. The van der Waals surface area contributed by atoms with Crippen LogP contribution >= 0.6 is 0 Å². The third-order valence-electron chi connectivity index (χ3n) is 14.1. The standard InChI is InChI=1S/C31H52O2/c1-9-31-18-16-26(2,3)25(33)24(31)20-10-11-22-28(6)14-13-23(32)27(4,5)21(28)12-15-30(22,8)29(20,7)17-19-31/h20-22,24-25,33H,9-19H2,1-8H3/t20?,21?,22?,24?,25?,28-,29-,30+,31?/m0/s1. The van der Waals surface area contributed by atoms with Crippen LogP contribution in [0.1, 0.15) is 126 Å². The second-order valence-corrected chi connectivity index (χ2v) is 15.5. The maximum absolute atomic E-state index is 12.9. The Balaban J connectivity index is 1.56. The highest BCUT2D eigenvalue weighted by atomic mass is 16.3. The van der Waals surface area contributed by atoms with Crippen molar-refractivity contribution in [1.82, 2.24) is 0 Å². The van der Waals surface area contributed by atoms with Gasteiger partial charge in [0.05, 0.1) is 6.10 Å². The van der Waals surface area contributed by atoms with Gasteiger partial charge in [0, 0.05) is 11.8 Å². The Morgan fingerprint density at radius 2 is 1.45 bits per heavy atom. The van der Waals surface area contributed by atoms with Crippen molar-refractivity contribution < 1.29 is 9.90 Å². The summed E-state index contributed by atoms with van der Waals surface area (Å²) in [4.78, 5) is 12.9. The van der Waals surface area contributed by atoms with Crippen molar-refractivity contribution in [2.45, 2.75) is 132 Å². The molecule has 0 aromatic heterocycles. The molecule has 0 saturated heterocycles. The van der Waals surface area contributed by atoms with E-state index in [4.69, 9.17) is 0 Å². The van der Waals surface area contributed by atoms with Crippen molar-refractivity contribution in [3.8, 4) is 0 Å². The summed E-state index contributed by atoms with van der Waals surface area (Å²) in [5, 5.41) is 11.9. The molecule has 188 valence electrons. The molecule has 5 aliphatic carbocycles. The van der Waals surface area contributed by atoms with Crippen molar-refractivity contribution in [2.75, 3.05) is 0 Å². The van der Waals surface area contributed by atoms with E-state index >= 15 is 0 Å². The third kappa shape index (κ3) is 2.85. The number of aliphatic hydroxyl groups is 1. The Morgan fingerprint density at radius 3 is 2.12 bits per heavy atom. The van der Waals surface area contributed by atoms with Gasteiger partial charge in [0.2, 0.25) is 0 Å². The van der Waals surface area contributed by atoms with Gasteiger partial charge in [-0.1, -0.05) is 61.8 Å². The Morgan fingerprint density at radius 1 is 0.788 bits per heavy atom. The first kappa shape index (κ1) is 24.3. The smallest absolute Gasteiger partial charge is 0.138 e. The molecule has 5 saturated carbocycles. The molecule has 5 fully saturated rings. The van der Waals surface area contributed by atoms with E-state index < -0.39 is 0 Å². The molecule has 0 bridgehead atoms. The van der Waals surface area contributed by atoms with Gasteiger partial charge in [-0.05, 0) is 109 Å². The van der Waals surface area contributed by atoms with E-state index in [-0.39, 0.29) is 22.3 Å². The summed E-state index contributed by atoms with van der Waals surface area (Å²) in [7, 11) is 0. The number of fused-ring (bicyclic) bond motifs is 7. The molecule has 0 radical (unpaired) electrons. The average Bonchev–Trinajstić information content (AvgIpc) is 2.74. The molecule has 0 heterocycles. The van der Waals surface area contributed by atoms with Crippen LogP contribution in [-0.2, 0) is 4.79 Å². The summed E-state index contributed by atoms with van der Waals surface area (Å²) in [5.74, 6) is 2.84. The van der Waals surface area contributed by atoms with Gasteiger partial charge < -0.3 is 5.11 Å². The molecule has 0 aliphatic heterocycles. The minimum Gasteiger partial charge on any atom is -0.392 e. The summed E-state index contributed by atoms with van der Waals surface area (Å²) in [5.41, 5.74) is 1.12. The maximum atomic E-state index is 12.9. The normalized spacial score (nSPS) is 55.1. The lowest BCUT2D eigenvalue weighted by Gasteiger charge is -2.74. The fourth-order valence-electron chi connectivity index (χ4n) is 11.6. The van der Waals surface area contributed by atoms with Crippen LogP contribution in [0.2, 0.25) is 0 Å². The van der Waals surface area contributed by atoms with Crippen LogP contribution in [0.25, 0.3) is 0 Å². The predicted molar refractivity (Wildman–Crippen MR) is 136 cm³/mol. The molecular weight excluding hydrogens is 404 g/mol. The van der Waals surface area contributed by atoms with Gasteiger partial charge >= 0.3 is 0 Å². The summed E-state index contributed by atoms with van der Waals surface area (Å²) in [6.07, 6.45) is 13.1. The fraction of sp³-hybridized carbons (Fsp3) is 0.968. The first-order valence-electron chi connectivity index (χ1n) is 14.4. The monoisotopic (exact) mass is 456 g/mol. The highest BCUT2D eigenvalue weighted by molar-refractivity contribution is 5.85. The Bertz CT molecular complexity index is 827. The quantitative estimate of drug-likeness (QED) is 0.437. The van der Waals surface area contributed by atoms with E-state index in [1.54, 1.807) is 0 Å². The van der Waals surface area contributed by atoms with Gasteiger partial charge in [-0.3, -0.25) is 4.79 Å². The third-order valence-corrected chi connectivity index (χ3v) is 14.1. The molecular formula is C31H52O2. The van der Waals surface area contributed by atoms with E-state index in [0.29, 0.717) is 45.7 Å². The van der Waals surface area contributed by atoms with Gasteiger partial charge in [-0.15, -0.1) is 0 Å². The SMILES string of the molecule is CCC12CCC(C)(C)C(O)C1C1CCC3[C@@]4(C)CCC(=O)C(C)(C)C4CC[C@@]3(C)[C@@]1(C)CC2. The van der Waals surface area contributed by atoms with Crippen LogP contribution in [0.4, 0.5) is 0 Å². The van der Waals surface area contributed by atoms with Crippen LogP contribution < -0.4 is 0 Å². The lowest BCUT2D eigenvalue weighted by atomic mass is 9.31. The zero-order valence-electron chi connectivity index (χ0n) is 23.0. The second kappa shape index (κ2) is 7.10. The molecule has 2 nitrogen and oxygen atoms in total. The van der Waals surface area contributed by atoms with E-state index in [1.165, 1.54) is 57.8 Å². The van der Waals surface area contributed by atoms with Gasteiger partial charge in [-0.25, -0.2) is 0 Å². The second-order valence-electron chi connectivity index (χ2n) is 15.5. The fourth-order valence-corrected chi connectivity index (χ4v) is 11.6. The van der Waals surface area contributed by atoms with Crippen LogP contribution in [-0.4, -0.2) is 17.0 Å². The Labute approximate surface area is 204 Å². The molecule has 5 aliphatic rings. The molecule has 5 rings (SSSR count). The van der Waals surface area contributed by atoms with Crippen molar-refractivity contribution in [3.05, 3.63) is 0 Å². The molecule has 9 atom stereocenters. The molecule has 0 aromatic carbocycles. The number of hydrogen-bond donors (Lipinski definition) is 1. The highest BCUT2D eigenvalue weighted by Crippen LogP contribution is 2.77. The van der Waals surface area contributed by atoms with Crippen molar-refractivity contribution in [1.29, 1.82) is 0 Å². The Hall–Kier alpha value is -0.370. The van der Waals surface area contributed by atoms with Crippen LogP contribution in [0.5, 0.6) is 0 Å². The topological polar surface area (TPSA) is 37.3 Å². The lowest BCUT2D eigenvalue weighted by Crippen LogP contribution is -2.68. The molecule has 1 N–H and O–H groups in total. The zero-order chi connectivity index (χ0) is 24.2. The molecule has 0 amide bonds. The predicted octanol–water partition coefficient (Wildman–Crippen LogP) is 7.82. The van der Waals surface area contributed by atoms with Crippen molar-refractivity contribution >= 4 is 5.78 Å². The molecule has 6 unspecified atom stereocenters. The summed E-state index contributed by atoms with van der Waals surface area (Å²) < 4.78 is 0. The number of aliphatic hydroxyl groups excluding tert-OH is 1. The van der Waals surface area contributed by atoms with E-state index in [1.807, 2.05) is 0 Å². The first-order chi connectivity index (χ1) is 15.2. The van der Waals surface area contributed by atoms with Gasteiger partial charge in [0.1, 0.15) is 5.78 Å².